The predicted octanol–water partition coefficient (Wildman–Crippen LogP) is 6.50. The largest absolute Gasteiger partial charge is 0.429 e. The van der Waals surface area contributed by atoms with Crippen LogP contribution in [0.4, 0.5) is 18.9 Å². The summed E-state index contributed by atoms with van der Waals surface area (Å²) in [6, 6.07) is 7.99. The summed E-state index contributed by atoms with van der Waals surface area (Å²) >= 11 is 18.0. The van der Waals surface area contributed by atoms with Crippen LogP contribution in [0.3, 0.4) is 0 Å². The summed E-state index contributed by atoms with van der Waals surface area (Å²) in [7, 11) is 0. The topological polar surface area (TPSA) is 12.4 Å². The second-order valence-corrected chi connectivity index (χ2v) is 6.04. The first-order chi connectivity index (χ1) is 10.3. The fourth-order valence-electron chi connectivity index (χ4n) is 2.27. The molecule has 0 saturated carbocycles. The minimum atomic E-state index is -4.44. The van der Waals surface area contributed by atoms with E-state index in [1.165, 1.54) is 6.07 Å². The summed E-state index contributed by atoms with van der Waals surface area (Å²) < 4.78 is 38.3. The maximum absolute atomic E-state index is 12.8. The van der Waals surface area contributed by atoms with E-state index in [4.69, 9.17) is 34.8 Å². The summed E-state index contributed by atoms with van der Waals surface area (Å²) in [6.45, 7) is 0. The van der Waals surface area contributed by atoms with Crippen LogP contribution in [0.1, 0.15) is 5.56 Å². The molecule has 0 fully saturated rings. The molecule has 2 aromatic rings. The molecule has 7 heteroatoms. The lowest BCUT2D eigenvalue weighted by Gasteiger charge is -2.09. The highest BCUT2D eigenvalue weighted by Gasteiger charge is 2.38. The zero-order valence-electron chi connectivity index (χ0n) is 10.8. The van der Waals surface area contributed by atoms with Crippen molar-refractivity contribution < 1.29 is 13.2 Å². The van der Waals surface area contributed by atoms with E-state index < -0.39 is 11.9 Å². The van der Waals surface area contributed by atoms with Gasteiger partial charge in [-0.2, -0.15) is 13.2 Å². The Hall–Kier alpha value is -1.23. The third-order valence-corrected chi connectivity index (χ3v) is 4.39. The molecule has 22 heavy (non-hydrogen) atoms. The van der Waals surface area contributed by atoms with E-state index in [-0.39, 0.29) is 12.1 Å². The lowest BCUT2D eigenvalue weighted by Crippen LogP contribution is -2.22. The third-order valence-electron chi connectivity index (χ3n) is 3.34. The molecule has 0 N–H and O–H groups in total. The molecule has 0 aromatic heterocycles. The van der Waals surface area contributed by atoms with Gasteiger partial charge in [0, 0.05) is 12.0 Å². The molecule has 0 atom stereocenters. The van der Waals surface area contributed by atoms with Crippen molar-refractivity contribution >= 4 is 46.2 Å². The van der Waals surface area contributed by atoms with E-state index in [1.54, 1.807) is 24.3 Å². The molecule has 0 aliphatic carbocycles. The number of benzene rings is 2. The lowest BCUT2D eigenvalue weighted by atomic mass is 10.0. The van der Waals surface area contributed by atoms with E-state index in [1.807, 2.05) is 0 Å². The molecule has 1 aliphatic rings. The Labute approximate surface area is 139 Å². The zero-order valence-corrected chi connectivity index (χ0v) is 13.1. The van der Waals surface area contributed by atoms with E-state index in [9.17, 15) is 13.2 Å². The highest BCUT2D eigenvalue weighted by molar-refractivity contribution is 6.42. The average molecular weight is 365 g/mol. The van der Waals surface area contributed by atoms with Crippen LogP contribution >= 0.6 is 34.8 Å². The van der Waals surface area contributed by atoms with Gasteiger partial charge in [-0.1, -0.05) is 40.9 Å². The molecule has 1 heterocycles. The average Bonchev–Trinajstić information content (AvgIpc) is 2.84. The fraction of sp³-hybridized carbons (Fsp3) is 0.133. The minimum absolute atomic E-state index is 0.251. The number of fused-ring (bicyclic) bond motifs is 1. The van der Waals surface area contributed by atoms with Crippen LogP contribution in [0, 0.1) is 0 Å². The van der Waals surface area contributed by atoms with Crippen molar-refractivity contribution in [3.63, 3.8) is 0 Å². The molecule has 2 aromatic carbocycles. The Morgan fingerprint density at radius 1 is 0.909 bits per heavy atom. The zero-order chi connectivity index (χ0) is 16.1. The molecular weight excluding hydrogens is 358 g/mol. The standard InChI is InChI=1S/C15H7Cl3F3N/c16-10-2-1-7(4-12(10)18)9-3-8-5-14(15(19,20)21)22-13(8)6-11(9)17/h1-4,6H,5H2. The highest BCUT2D eigenvalue weighted by atomic mass is 35.5. The molecule has 3 rings (SSSR count). The quantitative estimate of drug-likeness (QED) is 0.547. The Kier molecular flexibility index (Phi) is 3.87. The first kappa shape index (κ1) is 15.7. The monoisotopic (exact) mass is 363 g/mol. The molecule has 114 valence electrons. The summed E-state index contributed by atoms with van der Waals surface area (Å²) in [5, 5.41) is 1.05. The van der Waals surface area contributed by atoms with E-state index in [0.29, 0.717) is 31.8 Å². The molecule has 0 bridgehead atoms. The van der Waals surface area contributed by atoms with Gasteiger partial charge in [-0.25, -0.2) is 4.99 Å². The normalized spacial score (nSPS) is 14.0. The third kappa shape index (κ3) is 2.83. The first-order valence-electron chi connectivity index (χ1n) is 6.18. The van der Waals surface area contributed by atoms with Crippen molar-refractivity contribution in [3.05, 3.63) is 51.0 Å². The summed E-state index contributed by atoms with van der Waals surface area (Å²) in [5.74, 6) is 0. The molecular formula is C15H7Cl3F3N. The molecule has 0 saturated heterocycles. The second kappa shape index (κ2) is 5.44. The van der Waals surface area contributed by atoms with E-state index in [0.717, 1.165) is 0 Å². The van der Waals surface area contributed by atoms with Crippen molar-refractivity contribution in [1.29, 1.82) is 0 Å². The maximum atomic E-state index is 12.8. The van der Waals surface area contributed by atoms with Gasteiger partial charge < -0.3 is 0 Å². The van der Waals surface area contributed by atoms with Gasteiger partial charge in [0.05, 0.1) is 20.8 Å². The van der Waals surface area contributed by atoms with Crippen LogP contribution in [0.15, 0.2) is 35.3 Å². The van der Waals surface area contributed by atoms with Crippen molar-refractivity contribution in [1.82, 2.24) is 0 Å². The Morgan fingerprint density at radius 2 is 1.64 bits per heavy atom. The van der Waals surface area contributed by atoms with Crippen molar-refractivity contribution in [2.75, 3.05) is 0 Å². The molecule has 1 aliphatic heterocycles. The molecule has 0 unspecified atom stereocenters. The van der Waals surface area contributed by atoms with Gasteiger partial charge in [-0.15, -0.1) is 0 Å². The van der Waals surface area contributed by atoms with Crippen LogP contribution < -0.4 is 0 Å². The van der Waals surface area contributed by atoms with Gasteiger partial charge in [0.15, 0.2) is 0 Å². The maximum Gasteiger partial charge on any atom is 0.429 e. The van der Waals surface area contributed by atoms with Crippen LogP contribution in [0.25, 0.3) is 11.1 Å². The van der Waals surface area contributed by atoms with Crippen LogP contribution in [-0.2, 0) is 6.42 Å². The van der Waals surface area contributed by atoms with E-state index in [2.05, 4.69) is 4.99 Å². The summed E-state index contributed by atoms with van der Waals surface area (Å²) in [5.41, 5.74) is 1.20. The molecule has 0 amide bonds. The smallest absolute Gasteiger partial charge is 0.248 e. The summed E-state index contributed by atoms with van der Waals surface area (Å²) in [6.07, 6.45) is -4.69. The van der Waals surface area contributed by atoms with Gasteiger partial charge in [0.2, 0.25) is 0 Å². The van der Waals surface area contributed by atoms with Crippen LogP contribution in [0.5, 0.6) is 0 Å². The fourth-order valence-corrected chi connectivity index (χ4v) is 2.83. The molecule has 0 spiro atoms. The molecule has 0 radical (unpaired) electrons. The lowest BCUT2D eigenvalue weighted by molar-refractivity contribution is -0.0597. The van der Waals surface area contributed by atoms with Gasteiger partial charge in [0.1, 0.15) is 5.71 Å². The number of hydrogen-bond acceptors (Lipinski definition) is 1. The first-order valence-corrected chi connectivity index (χ1v) is 7.31. The van der Waals surface area contributed by atoms with E-state index >= 15 is 0 Å². The van der Waals surface area contributed by atoms with Crippen molar-refractivity contribution in [2.24, 2.45) is 4.99 Å². The van der Waals surface area contributed by atoms with Gasteiger partial charge in [0.25, 0.3) is 0 Å². The van der Waals surface area contributed by atoms with Crippen molar-refractivity contribution in [3.8, 4) is 11.1 Å². The minimum Gasteiger partial charge on any atom is -0.248 e. The molecule has 1 nitrogen and oxygen atoms in total. The SMILES string of the molecule is FC(F)(F)C1=Nc2cc(Cl)c(-c3ccc(Cl)c(Cl)c3)cc2C1. The van der Waals surface area contributed by atoms with Gasteiger partial charge in [-0.3, -0.25) is 0 Å². The number of alkyl halides is 3. The van der Waals surface area contributed by atoms with Crippen LogP contribution in [-0.4, -0.2) is 11.9 Å². The van der Waals surface area contributed by atoms with Gasteiger partial charge >= 0.3 is 6.18 Å². The summed E-state index contributed by atoms with van der Waals surface area (Å²) in [4.78, 5) is 3.61. The van der Waals surface area contributed by atoms with Gasteiger partial charge in [-0.05, 0) is 35.4 Å². The predicted molar refractivity (Wildman–Crippen MR) is 83.8 cm³/mol. The number of aliphatic imine (C=N–C) groups is 1. The Morgan fingerprint density at radius 3 is 2.27 bits per heavy atom. The Bertz CT molecular complexity index is 797. The number of halogens is 6. The number of nitrogens with zero attached hydrogens (tertiary/aromatic N) is 1. The van der Waals surface area contributed by atoms with Crippen LogP contribution in [0.2, 0.25) is 15.1 Å². The highest BCUT2D eigenvalue weighted by Crippen LogP contribution is 2.40. The second-order valence-electron chi connectivity index (χ2n) is 4.82. The number of hydrogen-bond donors (Lipinski definition) is 0. The Balaban J connectivity index is 2.04. The van der Waals surface area contributed by atoms with Crippen molar-refractivity contribution in [2.45, 2.75) is 12.6 Å². The number of rotatable bonds is 1.